The van der Waals surface area contributed by atoms with Crippen LogP contribution in [0.25, 0.3) is 0 Å². The summed E-state index contributed by atoms with van der Waals surface area (Å²) in [5.74, 6) is 0. The zero-order valence-corrected chi connectivity index (χ0v) is 13.1. The first-order valence-electron chi connectivity index (χ1n) is 6.30. The van der Waals surface area contributed by atoms with E-state index >= 15 is 0 Å². The monoisotopic (exact) mass is 338 g/mol. The Morgan fingerprint density at radius 1 is 1.32 bits per heavy atom. The number of hydrogen-bond donors (Lipinski definition) is 1. The van der Waals surface area contributed by atoms with E-state index in [1.165, 1.54) is 0 Å². The number of hydrogen-bond acceptors (Lipinski definition) is 2. The zero-order valence-electron chi connectivity index (χ0n) is 10.7. The molecule has 1 aromatic heterocycles. The van der Waals surface area contributed by atoms with Crippen LogP contribution in [-0.2, 0) is 0 Å². The van der Waals surface area contributed by atoms with Crippen molar-refractivity contribution in [2.24, 2.45) is 0 Å². The molecule has 0 amide bonds. The molecule has 1 N–H and O–H groups in total. The molecule has 0 aliphatic rings. The van der Waals surface area contributed by atoms with Crippen molar-refractivity contribution in [2.45, 2.75) is 19.4 Å². The average Bonchev–Trinajstić information content (AvgIpc) is 2.41. The molecule has 0 aliphatic carbocycles. The van der Waals surface area contributed by atoms with Crippen LogP contribution >= 0.6 is 27.5 Å². The van der Waals surface area contributed by atoms with Crippen LogP contribution in [0.3, 0.4) is 0 Å². The van der Waals surface area contributed by atoms with Gasteiger partial charge in [0.1, 0.15) is 0 Å². The third-order valence-electron chi connectivity index (χ3n) is 2.87. The number of benzene rings is 1. The smallest absolute Gasteiger partial charge is 0.0607 e. The predicted octanol–water partition coefficient (Wildman–Crippen LogP) is 4.59. The first kappa shape index (κ1) is 14.5. The molecule has 4 heteroatoms. The van der Waals surface area contributed by atoms with Gasteiger partial charge in [0.05, 0.1) is 6.04 Å². The summed E-state index contributed by atoms with van der Waals surface area (Å²) < 4.78 is 0.973. The molecule has 0 radical (unpaired) electrons. The molecule has 1 atom stereocenters. The van der Waals surface area contributed by atoms with Crippen LogP contribution in [0.4, 0.5) is 0 Å². The van der Waals surface area contributed by atoms with Gasteiger partial charge in [-0.25, -0.2) is 0 Å². The number of halogens is 2. The van der Waals surface area contributed by atoms with E-state index in [4.69, 9.17) is 11.6 Å². The van der Waals surface area contributed by atoms with Crippen molar-refractivity contribution in [3.63, 3.8) is 0 Å². The largest absolute Gasteiger partial charge is 0.306 e. The van der Waals surface area contributed by atoms with Crippen LogP contribution in [0, 0.1) is 0 Å². The normalized spacial score (nSPS) is 12.4. The Morgan fingerprint density at radius 2 is 2.11 bits per heavy atom. The molecule has 0 fully saturated rings. The van der Waals surface area contributed by atoms with Crippen LogP contribution in [0.15, 0.2) is 47.2 Å². The van der Waals surface area contributed by atoms with Gasteiger partial charge in [0.15, 0.2) is 0 Å². The maximum Gasteiger partial charge on any atom is 0.0607 e. The van der Waals surface area contributed by atoms with Gasteiger partial charge in [-0.1, -0.05) is 36.7 Å². The van der Waals surface area contributed by atoms with E-state index in [0.29, 0.717) is 0 Å². The highest BCUT2D eigenvalue weighted by molar-refractivity contribution is 9.10. The first-order valence-corrected chi connectivity index (χ1v) is 7.47. The minimum absolute atomic E-state index is 0.0682. The van der Waals surface area contributed by atoms with Crippen molar-refractivity contribution < 1.29 is 0 Å². The second-order valence-electron chi connectivity index (χ2n) is 4.35. The molecule has 1 unspecified atom stereocenters. The highest BCUT2D eigenvalue weighted by Gasteiger charge is 2.16. The summed E-state index contributed by atoms with van der Waals surface area (Å²) >= 11 is 9.78. The van der Waals surface area contributed by atoms with Gasteiger partial charge in [-0.3, -0.25) is 4.98 Å². The molecule has 0 spiro atoms. The maximum absolute atomic E-state index is 6.32. The molecular weight excluding hydrogens is 324 g/mol. The molecule has 0 aliphatic heterocycles. The fourth-order valence-electron chi connectivity index (χ4n) is 1.99. The Morgan fingerprint density at radius 3 is 2.79 bits per heavy atom. The van der Waals surface area contributed by atoms with Gasteiger partial charge < -0.3 is 5.32 Å². The summed E-state index contributed by atoms with van der Waals surface area (Å²) in [4.78, 5) is 4.24. The minimum atomic E-state index is 0.0682. The summed E-state index contributed by atoms with van der Waals surface area (Å²) in [5.41, 5.74) is 2.19. The molecule has 2 rings (SSSR count). The van der Waals surface area contributed by atoms with Gasteiger partial charge >= 0.3 is 0 Å². The van der Waals surface area contributed by atoms with Crippen molar-refractivity contribution in [1.82, 2.24) is 10.3 Å². The van der Waals surface area contributed by atoms with Crippen molar-refractivity contribution in [1.29, 1.82) is 0 Å². The van der Waals surface area contributed by atoms with Crippen LogP contribution in [-0.4, -0.2) is 11.5 Å². The predicted molar refractivity (Wildman–Crippen MR) is 83.5 cm³/mol. The lowest BCUT2D eigenvalue weighted by atomic mass is 10.00. The first-order chi connectivity index (χ1) is 9.22. The van der Waals surface area contributed by atoms with Gasteiger partial charge in [0.2, 0.25) is 0 Å². The Labute approximate surface area is 127 Å². The van der Waals surface area contributed by atoms with Crippen molar-refractivity contribution in [3.8, 4) is 0 Å². The van der Waals surface area contributed by atoms with Crippen LogP contribution < -0.4 is 5.32 Å². The maximum atomic E-state index is 6.32. The summed E-state index contributed by atoms with van der Waals surface area (Å²) in [7, 11) is 0. The van der Waals surface area contributed by atoms with Gasteiger partial charge in [-0.05, 0) is 52.2 Å². The topological polar surface area (TPSA) is 24.9 Å². The lowest BCUT2D eigenvalue weighted by molar-refractivity contribution is 0.597. The molecule has 2 aromatic rings. The van der Waals surface area contributed by atoms with Gasteiger partial charge in [0.25, 0.3) is 0 Å². The van der Waals surface area contributed by atoms with Crippen LogP contribution in [0.2, 0.25) is 5.02 Å². The zero-order chi connectivity index (χ0) is 13.7. The van der Waals surface area contributed by atoms with E-state index in [1.807, 2.05) is 24.4 Å². The third-order valence-corrected chi connectivity index (χ3v) is 3.65. The van der Waals surface area contributed by atoms with Crippen molar-refractivity contribution >= 4 is 27.5 Å². The summed E-state index contributed by atoms with van der Waals surface area (Å²) in [6.07, 6.45) is 4.73. The summed E-state index contributed by atoms with van der Waals surface area (Å²) in [5, 5.41) is 4.30. The van der Waals surface area contributed by atoms with Gasteiger partial charge in [0, 0.05) is 21.9 Å². The minimum Gasteiger partial charge on any atom is -0.306 e. The van der Waals surface area contributed by atoms with Gasteiger partial charge in [-0.15, -0.1) is 0 Å². The van der Waals surface area contributed by atoms with E-state index in [2.05, 4.69) is 45.3 Å². The lowest BCUT2D eigenvalue weighted by Gasteiger charge is -2.20. The van der Waals surface area contributed by atoms with Crippen molar-refractivity contribution in [3.05, 3.63) is 63.3 Å². The molecule has 2 nitrogen and oxygen atoms in total. The standard InChI is InChI=1S/C15H16BrClN2/c1-2-7-19-15(11-8-12(16)10-18-9-11)13-5-3-4-6-14(13)17/h3-6,8-10,15,19H,2,7H2,1H3. The molecule has 0 bridgehead atoms. The van der Waals surface area contributed by atoms with E-state index in [1.54, 1.807) is 6.20 Å². The number of nitrogens with zero attached hydrogens (tertiary/aromatic N) is 1. The van der Waals surface area contributed by atoms with E-state index < -0.39 is 0 Å². The Hall–Kier alpha value is -0.900. The Kier molecular flexibility index (Phi) is 5.37. The van der Waals surface area contributed by atoms with Gasteiger partial charge in [-0.2, -0.15) is 0 Å². The van der Waals surface area contributed by atoms with E-state index in [-0.39, 0.29) is 6.04 Å². The highest BCUT2D eigenvalue weighted by atomic mass is 79.9. The second-order valence-corrected chi connectivity index (χ2v) is 5.67. The Balaban J connectivity index is 2.38. The lowest BCUT2D eigenvalue weighted by Crippen LogP contribution is -2.23. The fraction of sp³-hybridized carbons (Fsp3) is 0.267. The molecule has 1 heterocycles. The van der Waals surface area contributed by atoms with Crippen LogP contribution in [0.5, 0.6) is 0 Å². The molecular formula is C15H16BrClN2. The van der Waals surface area contributed by atoms with Crippen molar-refractivity contribution in [2.75, 3.05) is 6.54 Å². The molecule has 0 saturated carbocycles. The molecule has 1 aromatic carbocycles. The summed E-state index contributed by atoms with van der Waals surface area (Å²) in [6.45, 7) is 3.08. The third kappa shape index (κ3) is 3.78. The molecule has 19 heavy (non-hydrogen) atoms. The fourth-order valence-corrected chi connectivity index (χ4v) is 2.62. The number of pyridine rings is 1. The quantitative estimate of drug-likeness (QED) is 0.862. The highest BCUT2D eigenvalue weighted by Crippen LogP contribution is 2.29. The number of rotatable bonds is 5. The number of nitrogens with one attached hydrogen (secondary N) is 1. The Bertz CT molecular complexity index is 545. The molecule has 0 saturated heterocycles. The second kappa shape index (κ2) is 7.04. The summed E-state index contributed by atoms with van der Waals surface area (Å²) in [6, 6.07) is 10.1. The van der Waals surface area contributed by atoms with E-state index in [0.717, 1.165) is 33.6 Å². The van der Waals surface area contributed by atoms with E-state index in [9.17, 15) is 0 Å². The number of aromatic nitrogens is 1. The average molecular weight is 340 g/mol. The SMILES string of the molecule is CCCNC(c1cncc(Br)c1)c1ccccc1Cl. The van der Waals surface area contributed by atoms with Crippen LogP contribution in [0.1, 0.15) is 30.5 Å². The molecule has 100 valence electrons.